The minimum Gasteiger partial charge on any atom is -0.460 e. The normalized spacial score (nSPS) is 15.3. The molecule has 1 aromatic rings. The van der Waals surface area contributed by atoms with Gasteiger partial charge in [0.1, 0.15) is 5.60 Å². The second-order valence-corrected chi connectivity index (χ2v) is 8.54. The molecule has 0 radical (unpaired) electrons. The van der Waals surface area contributed by atoms with Gasteiger partial charge in [0, 0.05) is 6.42 Å². The number of hydrogen-bond acceptors (Lipinski definition) is 5. The molecule has 0 aliphatic rings. The first kappa shape index (κ1) is 25.3. The molecule has 0 aliphatic heterocycles. The highest BCUT2D eigenvalue weighted by atomic mass is 16.6. The average molecular weight is 407 g/mol. The summed E-state index contributed by atoms with van der Waals surface area (Å²) in [5, 5.41) is 30.8. The van der Waals surface area contributed by atoms with Crippen molar-refractivity contribution < 1.29 is 24.9 Å². The topological polar surface area (TPSA) is 87.0 Å². The summed E-state index contributed by atoms with van der Waals surface area (Å²) in [4.78, 5) is 11.8. The summed E-state index contributed by atoms with van der Waals surface area (Å²) in [6.45, 7) is 7.59. The molecule has 0 aliphatic carbocycles. The molecule has 1 aromatic carbocycles. The van der Waals surface area contributed by atoms with E-state index in [1.165, 1.54) is 0 Å². The Morgan fingerprint density at radius 1 is 1.07 bits per heavy atom. The summed E-state index contributed by atoms with van der Waals surface area (Å²) in [7, 11) is 0. The minimum absolute atomic E-state index is 0.259. The van der Waals surface area contributed by atoms with Crippen LogP contribution in [0.3, 0.4) is 0 Å². The number of aliphatic hydroxyl groups is 3. The van der Waals surface area contributed by atoms with Crippen molar-refractivity contribution in [3.8, 4) is 0 Å². The van der Waals surface area contributed by atoms with Gasteiger partial charge in [-0.3, -0.25) is 4.79 Å². The van der Waals surface area contributed by atoms with Crippen molar-refractivity contribution in [2.45, 2.75) is 96.6 Å². The highest BCUT2D eigenvalue weighted by Crippen LogP contribution is 2.24. The van der Waals surface area contributed by atoms with Gasteiger partial charge in [-0.15, -0.1) is 0 Å². The molecule has 0 saturated heterocycles. The van der Waals surface area contributed by atoms with Crippen LogP contribution >= 0.6 is 0 Å². The fourth-order valence-corrected chi connectivity index (χ4v) is 3.06. The van der Waals surface area contributed by atoms with Crippen LogP contribution < -0.4 is 0 Å². The van der Waals surface area contributed by atoms with Gasteiger partial charge in [0.15, 0.2) is 0 Å². The molecular formula is C24H38O5. The average Bonchev–Trinajstić information content (AvgIpc) is 2.64. The van der Waals surface area contributed by atoms with E-state index in [4.69, 9.17) is 4.74 Å². The number of hydrogen-bond donors (Lipinski definition) is 3. The van der Waals surface area contributed by atoms with Crippen LogP contribution in [0.4, 0.5) is 0 Å². The van der Waals surface area contributed by atoms with E-state index in [0.717, 1.165) is 30.4 Å². The Balaban J connectivity index is 2.62. The van der Waals surface area contributed by atoms with Gasteiger partial charge in [0.25, 0.3) is 0 Å². The van der Waals surface area contributed by atoms with Gasteiger partial charge in [0.05, 0.1) is 18.3 Å². The van der Waals surface area contributed by atoms with E-state index in [2.05, 4.69) is 6.92 Å². The van der Waals surface area contributed by atoms with Gasteiger partial charge in [0.2, 0.25) is 0 Å². The fraction of sp³-hybridized carbons (Fsp3) is 0.625. The maximum atomic E-state index is 11.8. The largest absolute Gasteiger partial charge is 0.460 e. The standard InChI is InChI=1S/C24H38O5/c1-5-6-7-13-21(26)22(27)17-16-18-11-8-9-12-19(18)20(25)14-10-15-23(28)29-24(2,3)4/h8-9,11-12,16-17,20-22,25-27H,5-7,10,13-15H2,1-4H3/b17-16+/t20-,21-,22+/m0/s1. The third-order valence-corrected chi connectivity index (χ3v) is 4.60. The maximum Gasteiger partial charge on any atom is 0.306 e. The zero-order chi connectivity index (χ0) is 21.9. The van der Waals surface area contributed by atoms with Crippen LogP contribution in [0.25, 0.3) is 6.08 Å². The number of benzene rings is 1. The molecule has 0 spiro atoms. The maximum absolute atomic E-state index is 11.8. The lowest BCUT2D eigenvalue weighted by Gasteiger charge is -2.20. The SMILES string of the molecule is CCCCC[C@H](O)[C@H](O)/C=C/c1ccccc1[C@@H](O)CCCC(=O)OC(C)(C)C. The van der Waals surface area contributed by atoms with Crippen molar-refractivity contribution in [3.05, 3.63) is 41.5 Å². The fourth-order valence-electron chi connectivity index (χ4n) is 3.06. The van der Waals surface area contributed by atoms with Gasteiger partial charge in [-0.25, -0.2) is 0 Å². The number of unbranched alkanes of at least 4 members (excludes halogenated alkanes) is 2. The van der Waals surface area contributed by atoms with Gasteiger partial charge in [-0.05, 0) is 51.2 Å². The molecule has 0 amide bonds. The number of carbonyl (C=O) groups excluding carboxylic acids is 1. The highest BCUT2D eigenvalue weighted by Gasteiger charge is 2.18. The van der Waals surface area contributed by atoms with Crippen molar-refractivity contribution in [1.29, 1.82) is 0 Å². The number of carbonyl (C=O) groups is 1. The summed E-state index contributed by atoms with van der Waals surface area (Å²) >= 11 is 0. The molecule has 1 rings (SSSR count). The summed E-state index contributed by atoms with van der Waals surface area (Å²) in [5.41, 5.74) is 1.02. The predicted octanol–water partition coefficient (Wildman–Crippen LogP) is 4.55. The zero-order valence-electron chi connectivity index (χ0n) is 18.3. The Morgan fingerprint density at radius 3 is 2.41 bits per heavy atom. The first-order valence-electron chi connectivity index (χ1n) is 10.7. The Kier molecular flexibility index (Phi) is 11.2. The van der Waals surface area contributed by atoms with Gasteiger partial charge in [-0.1, -0.05) is 62.6 Å². The molecule has 164 valence electrons. The Morgan fingerprint density at radius 2 is 1.76 bits per heavy atom. The summed E-state index contributed by atoms with van der Waals surface area (Å²) < 4.78 is 5.29. The molecule has 3 atom stereocenters. The molecular weight excluding hydrogens is 368 g/mol. The number of aliphatic hydroxyl groups excluding tert-OH is 3. The molecule has 3 N–H and O–H groups in total. The first-order valence-corrected chi connectivity index (χ1v) is 10.7. The van der Waals surface area contributed by atoms with E-state index in [9.17, 15) is 20.1 Å². The smallest absolute Gasteiger partial charge is 0.306 e. The molecule has 0 heterocycles. The van der Waals surface area contributed by atoms with Crippen LogP contribution in [-0.4, -0.2) is 39.1 Å². The van der Waals surface area contributed by atoms with Crippen molar-refractivity contribution in [2.75, 3.05) is 0 Å². The van der Waals surface area contributed by atoms with Crippen molar-refractivity contribution in [2.24, 2.45) is 0 Å². The van der Waals surface area contributed by atoms with E-state index in [1.54, 1.807) is 12.2 Å². The monoisotopic (exact) mass is 406 g/mol. The Labute approximate surface area is 175 Å². The van der Waals surface area contributed by atoms with Crippen LogP contribution in [0, 0.1) is 0 Å². The van der Waals surface area contributed by atoms with E-state index in [0.29, 0.717) is 19.3 Å². The first-order chi connectivity index (χ1) is 13.6. The van der Waals surface area contributed by atoms with Gasteiger partial charge < -0.3 is 20.1 Å². The molecule has 0 bridgehead atoms. The number of ether oxygens (including phenoxy) is 1. The summed E-state index contributed by atoms with van der Waals surface area (Å²) in [6, 6.07) is 7.40. The lowest BCUT2D eigenvalue weighted by molar-refractivity contribution is -0.155. The van der Waals surface area contributed by atoms with Gasteiger partial charge >= 0.3 is 5.97 Å². The molecule has 0 saturated carbocycles. The third kappa shape index (κ3) is 10.6. The molecule has 0 aromatic heterocycles. The predicted molar refractivity (Wildman–Crippen MR) is 116 cm³/mol. The lowest BCUT2D eigenvalue weighted by Crippen LogP contribution is -2.23. The zero-order valence-corrected chi connectivity index (χ0v) is 18.3. The Bertz CT molecular complexity index is 632. The highest BCUT2D eigenvalue weighted by molar-refractivity contribution is 5.69. The van der Waals surface area contributed by atoms with Crippen LogP contribution in [0.15, 0.2) is 30.3 Å². The van der Waals surface area contributed by atoms with Crippen molar-refractivity contribution in [3.63, 3.8) is 0 Å². The summed E-state index contributed by atoms with van der Waals surface area (Å²) in [5.74, 6) is -0.266. The number of rotatable bonds is 12. The molecule has 0 fully saturated rings. The third-order valence-electron chi connectivity index (χ3n) is 4.60. The molecule has 29 heavy (non-hydrogen) atoms. The van der Waals surface area contributed by atoms with E-state index < -0.39 is 23.9 Å². The minimum atomic E-state index is -0.941. The van der Waals surface area contributed by atoms with E-state index >= 15 is 0 Å². The molecule has 0 unspecified atom stereocenters. The van der Waals surface area contributed by atoms with Gasteiger partial charge in [-0.2, -0.15) is 0 Å². The quantitative estimate of drug-likeness (QED) is 0.350. The molecule has 5 heteroatoms. The second-order valence-electron chi connectivity index (χ2n) is 8.54. The van der Waals surface area contributed by atoms with E-state index in [1.807, 2.05) is 45.0 Å². The Hall–Kier alpha value is -1.69. The van der Waals surface area contributed by atoms with Crippen LogP contribution in [0.2, 0.25) is 0 Å². The van der Waals surface area contributed by atoms with Crippen LogP contribution in [0.1, 0.15) is 89.9 Å². The number of esters is 1. The van der Waals surface area contributed by atoms with Crippen LogP contribution in [0.5, 0.6) is 0 Å². The van der Waals surface area contributed by atoms with E-state index in [-0.39, 0.29) is 12.4 Å². The summed E-state index contributed by atoms with van der Waals surface area (Å²) in [6.07, 6.45) is 5.63. The van der Waals surface area contributed by atoms with Crippen molar-refractivity contribution in [1.82, 2.24) is 0 Å². The van der Waals surface area contributed by atoms with Crippen molar-refractivity contribution >= 4 is 12.0 Å². The molecule has 5 nitrogen and oxygen atoms in total. The second kappa shape index (κ2) is 12.8. The van der Waals surface area contributed by atoms with Crippen LogP contribution in [-0.2, 0) is 9.53 Å². The lowest BCUT2D eigenvalue weighted by atomic mass is 9.97.